The van der Waals surface area contributed by atoms with E-state index in [2.05, 4.69) is 21.2 Å². The molecule has 7 heteroatoms. The Bertz CT molecular complexity index is 599. The summed E-state index contributed by atoms with van der Waals surface area (Å²) >= 11 is 3.18. The second-order valence-electron chi connectivity index (χ2n) is 5.04. The molecule has 0 aromatic heterocycles. The maximum absolute atomic E-state index is 12.2. The Balaban J connectivity index is 2.07. The minimum absolute atomic E-state index is 0.0172. The van der Waals surface area contributed by atoms with Gasteiger partial charge in [-0.05, 0) is 31.0 Å². The minimum atomic E-state index is -1.11. The number of rotatable bonds is 5. The molecule has 1 fully saturated rings. The van der Waals surface area contributed by atoms with E-state index in [1.54, 1.807) is 0 Å². The summed E-state index contributed by atoms with van der Waals surface area (Å²) in [5, 5.41) is 11.8. The maximum Gasteiger partial charge on any atom is 0.335 e. The summed E-state index contributed by atoms with van der Waals surface area (Å²) in [6, 6.07) is 4.48. The van der Waals surface area contributed by atoms with Gasteiger partial charge in [-0.25, -0.2) is 4.79 Å². The molecular weight excluding hydrogens is 340 g/mol. The van der Waals surface area contributed by atoms with Gasteiger partial charge in [0.25, 0.3) is 5.91 Å². The third-order valence-electron chi connectivity index (χ3n) is 3.06. The first-order valence-corrected chi connectivity index (χ1v) is 7.25. The molecule has 2 amide bonds. The van der Waals surface area contributed by atoms with Crippen LogP contribution < -0.4 is 5.32 Å². The van der Waals surface area contributed by atoms with Crippen molar-refractivity contribution < 1.29 is 19.5 Å². The highest BCUT2D eigenvalue weighted by atomic mass is 79.9. The Morgan fingerprint density at radius 3 is 2.48 bits per heavy atom. The van der Waals surface area contributed by atoms with Gasteiger partial charge in [-0.1, -0.05) is 15.9 Å². The Hall–Kier alpha value is -1.89. The van der Waals surface area contributed by atoms with E-state index in [-0.39, 0.29) is 29.6 Å². The van der Waals surface area contributed by atoms with E-state index in [1.807, 2.05) is 0 Å². The molecule has 21 heavy (non-hydrogen) atoms. The Morgan fingerprint density at radius 2 is 1.90 bits per heavy atom. The fourth-order valence-corrected chi connectivity index (χ4v) is 2.34. The monoisotopic (exact) mass is 354 g/mol. The van der Waals surface area contributed by atoms with Gasteiger partial charge < -0.3 is 15.3 Å². The predicted molar refractivity (Wildman–Crippen MR) is 79.2 cm³/mol. The van der Waals surface area contributed by atoms with Crippen molar-refractivity contribution in [2.45, 2.75) is 18.9 Å². The van der Waals surface area contributed by atoms with E-state index >= 15 is 0 Å². The molecule has 0 bridgehead atoms. The standard InChI is InChI=1S/C14H15BrN2O4/c1-17(7-12(18)16-11-2-3-11)13(19)8-4-9(14(20)21)6-10(15)5-8/h4-6,11H,2-3,7H2,1H3,(H,16,18)(H,20,21). The number of carboxylic acid groups (broad SMARTS) is 1. The van der Waals surface area contributed by atoms with Crippen LogP contribution in [-0.4, -0.2) is 47.4 Å². The second kappa shape index (κ2) is 6.26. The molecule has 1 aliphatic rings. The Labute approximate surface area is 130 Å². The van der Waals surface area contributed by atoms with Crippen molar-refractivity contribution in [1.29, 1.82) is 0 Å². The van der Waals surface area contributed by atoms with Crippen LogP contribution in [0.3, 0.4) is 0 Å². The smallest absolute Gasteiger partial charge is 0.335 e. The van der Waals surface area contributed by atoms with Crippen molar-refractivity contribution in [3.8, 4) is 0 Å². The van der Waals surface area contributed by atoms with Gasteiger partial charge in [-0.15, -0.1) is 0 Å². The van der Waals surface area contributed by atoms with Gasteiger partial charge in [-0.2, -0.15) is 0 Å². The molecule has 2 rings (SSSR count). The number of nitrogens with zero attached hydrogens (tertiary/aromatic N) is 1. The first-order valence-electron chi connectivity index (χ1n) is 6.45. The summed E-state index contributed by atoms with van der Waals surface area (Å²) in [7, 11) is 1.51. The molecular formula is C14H15BrN2O4. The molecule has 0 aliphatic heterocycles. The van der Waals surface area contributed by atoms with Crippen molar-refractivity contribution in [2.24, 2.45) is 0 Å². The van der Waals surface area contributed by atoms with E-state index < -0.39 is 11.9 Å². The van der Waals surface area contributed by atoms with Crippen LogP contribution in [0.5, 0.6) is 0 Å². The number of carboxylic acids is 1. The molecule has 2 N–H and O–H groups in total. The Morgan fingerprint density at radius 1 is 1.29 bits per heavy atom. The summed E-state index contributed by atoms with van der Waals surface area (Å²) in [6.45, 7) is -0.0513. The maximum atomic E-state index is 12.2. The lowest BCUT2D eigenvalue weighted by Crippen LogP contribution is -2.39. The van der Waals surface area contributed by atoms with E-state index in [9.17, 15) is 14.4 Å². The lowest BCUT2D eigenvalue weighted by molar-refractivity contribution is -0.121. The van der Waals surface area contributed by atoms with Gasteiger partial charge in [-0.3, -0.25) is 9.59 Å². The fourth-order valence-electron chi connectivity index (χ4n) is 1.85. The summed E-state index contributed by atoms with van der Waals surface area (Å²) in [4.78, 5) is 36.2. The zero-order valence-corrected chi connectivity index (χ0v) is 13.0. The molecule has 0 saturated heterocycles. The van der Waals surface area contributed by atoms with Crippen molar-refractivity contribution in [3.05, 3.63) is 33.8 Å². The molecule has 0 spiro atoms. The summed E-state index contributed by atoms with van der Waals surface area (Å²) in [5.74, 6) is -1.72. The number of aromatic carboxylic acids is 1. The first kappa shape index (κ1) is 15.5. The van der Waals surface area contributed by atoms with E-state index in [0.717, 1.165) is 12.8 Å². The molecule has 0 atom stereocenters. The van der Waals surface area contributed by atoms with Crippen LogP contribution in [0.15, 0.2) is 22.7 Å². The third kappa shape index (κ3) is 4.29. The number of likely N-dealkylation sites (N-methyl/N-ethyl adjacent to an activating group) is 1. The molecule has 0 radical (unpaired) electrons. The Kier molecular flexibility index (Phi) is 4.62. The minimum Gasteiger partial charge on any atom is -0.478 e. The number of carbonyl (C=O) groups excluding carboxylic acids is 2. The van der Waals surface area contributed by atoms with Gasteiger partial charge in [0.05, 0.1) is 12.1 Å². The van der Waals surface area contributed by atoms with Crippen LogP contribution in [-0.2, 0) is 4.79 Å². The fraction of sp³-hybridized carbons (Fsp3) is 0.357. The highest BCUT2D eigenvalue weighted by molar-refractivity contribution is 9.10. The lowest BCUT2D eigenvalue weighted by Gasteiger charge is -2.17. The van der Waals surface area contributed by atoms with Crippen LogP contribution in [0, 0.1) is 0 Å². The lowest BCUT2D eigenvalue weighted by atomic mass is 10.1. The van der Waals surface area contributed by atoms with Crippen LogP contribution in [0.1, 0.15) is 33.6 Å². The van der Waals surface area contributed by atoms with Crippen LogP contribution in [0.25, 0.3) is 0 Å². The van der Waals surface area contributed by atoms with Crippen LogP contribution in [0.4, 0.5) is 0 Å². The van der Waals surface area contributed by atoms with Gasteiger partial charge in [0, 0.05) is 23.1 Å². The SMILES string of the molecule is CN(CC(=O)NC1CC1)C(=O)c1cc(Br)cc(C(=O)O)c1. The molecule has 112 valence electrons. The highest BCUT2D eigenvalue weighted by Gasteiger charge is 2.24. The van der Waals surface area contributed by atoms with E-state index in [4.69, 9.17) is 5.11 Å². The molecule has 1 saturated carbocycles. The van der Waals surface area contributed by atoms with Crippen molar-refractivity contribution in [1.82, 2.24) is 10.2 Å². The average molecular weight is 355 g/mol. The normalized spacial score (nSPS) is 13.6. The zero-order chi connectivity index (χ0) is 15.6. The molecule has 0 unspecified atom stereocenters. The molecule has 1 aromatic carbocycles. The summed E-state index contributed by atoms with van der Waals surface area (Å²) in [6.07, 6.45) is 1.97. The van der Waals surface area contributed by atoms with Crippen molar-refractivity contribution >= 4 is 33.7 Å². The number of benzene rings is 1. The van der Waals surface area contributed by atoms with E-state index in [0.29, 0.717) is 4.47 Å². The molecule has 1 aliphatic carbocycles. The summed E-state index contributed by atoms with van der Waals surface area (Å²) in [5.41, 5.74) is 0.243. The predicted octanol–water partition coefficient (Wildman–Crippen LogP) is 1.50. The second-order valence-corrected chi connectivity index (χ2v) is 5.95. The largest absolute Gasteiger partial charge is 0.478 e. The first-order chi connectivity index (χ1) is 9.86. The molecule has 6 nitrogen and oxygen atoms in total. The molecule has 0 heterocycles. The number of carbonyl (C=O) groups is 3. The van der Waals surface area contributed by atoms with Gasteiger partial charge in [0.1, 0.15) is 0 Å². The number of amides is 2. The van der Waals surface area contributed by atoms with Gasteiger partial charge >= 0.3 is 5.97 Å². The number of halogens is 1. The van der Waals surface area contributed by atoms with Gasteiger partial charge in [0.15, 0.2) is 0 Å². The van der Waals surface area contributed by atoms with Crippen molar-refractivity contribution in [2.75, 3.05) is 13.6 Å². The van der Waals surface area contributed by atoms with Gasteiger partial charge in [0.2, 0.25) is 5.91 Å². The quantitative estimate of drug-likeness (QED) is 0.838. The van der Waals surface area contributed by atoms with Crippen LogP contribution in [0.2, 0.25) is 0 Å². The number of nitrogens with one attached hydrogen (secondary N) is 1. The average Bonchev–Trinajstić information content (AvgIpc) is 3.20. The highest BCUT2D eigenvalue weighted by Crippen LogP contribution is 2.19. The number of hydrogen-bond acceptors (Lipinski definition) is 3. The number of hydrogen-bond donors (Lipinski definition) is 2. The summed E-state index contributed by atoms with van der Waals surface area (Å²) < 4.78 is 0.501. The topological polar surface area (TPSA) is 86.7 Å². The third-order valence-corrected chi connectivity index (χ3v) is 3.52. The van der Waals surface area contributed by atoms with Crippen LogP contribution >= 0.6 is 15.9 Å². The van der Waals surface area contributed by atoms with E-state index in [1.165, 1.54) is 30.1 Å². The zero-order valence-electron chi connectivity index (χ0n) is 11.4. The molecule has 1 aromatic rings. The van der Waals surface area contributed by atoms with Crippen molar-refractivity contribution in [3.63, 3.8) is 0 Å².